The lowest BCUT2D eigenvalue weighted by Crippen LogP contribution is -2.53. The molecule has 1 saturated carbocycles. The third kappa shape index (κ3) is 3.67. The maximum Gasteiger partial charge on any atom is 0.261 e. The van der Waals surface area contributed by atoms with E-state index in [0.29, 0.717) is 0 Å². The van der Waals surface area contributed by atoms with E-state index in [2.05, 4.69) is 19.2 Å². The first-order valence-electron chi connectivity index (χ1n) is 6.10. The van der Waals surface area contributed by atoms with E-state index in [1.54, 1.807) is 0 Å². The van der Waals surface area contributed by atoms with Crippen molar-refractivity contribution in [2.24, 2.45) is 5.41 Å². The van der Waals surface area contributed by atoms with Gasteiger partial charge in [-0.25, -0.2) is 8.78 Å². The van der Waals surface area contributed by atoms with Crippen molar-refractivity contribution in [1.29, 1.82) is 0 Å². The number of hydrogen-bond acceptors (Lipinski definition) is 2. The van der Waals surface area contributed by atoms with Gasteiger partial charge in [0.25, 0.3) is 6.43 Å². The molecule has 16 heavy (non-hydrogen) atoms. The zero-order valence-electron chi connectivity index (χ0n) is 10.4. The summed E-state index contributed by atoms with van der Waals surface area (Å²) in [5, 5.41) is 3.38. The smallest absolute Gasteiger partial charge is 0.261 e. The molecule has 1 aliphatic carbocycles. The van der Waals surface area contributed by atoms with Crippen molar-refractivity contribution >= 4 is 0 Å². The Morgan fingerprint density at radius 2 is 2.12 bits per heavy atom. The number of likely N-dealkylation sites (N-methyl/N-ethyl adjacent to an activating group) is 1. The highest BCUT2D eigenvalue weighted by Gasteiger charge is 2.39. The highest BCUT2D eigenvalue weighted by Crippen LogP contribution is 2.37. The zero-order chi connectivity index (χ0) is 12.2. The molecular formula is C12H23F2NO. The van der Waals surface area contributed by atoms with Crippen LogP contribution < -0.4 is 5.32 Å². The molecule has 0 aromatic rings. The summed E-state index contributed by atoms with van der Waals surface area (Å²) in [6, 6.07) is 0.185. The fourth-order valence-corrected chi connectivity index (χ4v) is 2.59. The maximum absolute atomic E-state index is 12.1. The summed E-state index contributed by atoms with van der Waals surface area (Å²) in [7, 11) is 0. The Bertz CT molecular complexity index is 209. The van der Waals surface area contributed by atoms with Crippen LogP contribution in [0.15, 0.2) is 0 Å². The quantitative estimate of drug-likeness (QED) is 0.791. The first-order valence-corrected chi connectivity index (χ1v) is 6.10. The topological polar surface area (TPSA) is 21.3 Å². The zero-order valence-corrected chi connectivity index (χ0v) is 10.4. The van der Waals surface area contributed by atoms with Gasteiger partial charge in [0.05, 0.1) is 6.10 Å². The van der Waals surface area contributed by atoms with Gasteiger partial charge in [-0.15, -0.1) is 0 Å². The number of rotatable bonds is 5. The second kappa shape index (κ2) is 5.92. The van der Waals surface area contributed by atoms with E-state index in [-0.39, 0.29) is 17.6 Å². The Morgan fingerprint density at radius 3 is 2.69 bits per heavy atom. The third-order valence-electron chi connectivity index (χ3n) is 3.38. The molecule has 0 spiro atoms. The summed E-state index contributed by atoms with van der Waals surface area (Å²) in [5.41, 5.74) is 0.126. The van der Waals surface area contributed by atoms with Gasteiger partial charge in [-0.05, 0) is 24.8 Å². The second-order valence-corrected chi connectivity index (χ2v) is 5.18. The van der Waals surface area contributed by atoms with Crippen LogP contribution in [0.4, 0.5) is 8.78 Å². The largest absolute Gasteiger partial charge is 0.371 e. The van der Waals surface area contributed by atoms with Crippen LogP contribution >= 0.6 is 0 Å². The van der Waals surface area contributed by atoms with Gasteiger partial charge in [0, 0.05) is 6.04 Å². The molecule has 2 unspecified atom stereocenters. The third-order valence-corrected chi connectivity index (χ3v) is 3.38. The highest BCUT2D eigenvalue weighted by atomic mass is 19.3. The Kier molecular flexibility index (Phi) is 5.12. The fraction of sp³-hybridized carbons (Fsp3) is 1.00. The van der Waals surface area contributed by atoms with E-state index in [1.807, 2.05) is 6.92 Å². The molecule has 0 heterocycles. The van der Waals surface area contributed by atoms with E-state index in [1.165, 1.54) is 0 Å². The molecule has 1 aliphatic rings. The van der Waals surface area contributed by atoms with Gasteiger partial charge in [-0.3, -0.25) is 0 Å². The monoisotopic (exact) mass is 235 g/mol. The van der Waals surface area contributed by atoms with Gasteiger partial charge < -0.3 is 10.1 Å². The molecule has 1 rings (SSSR count). The van der Waals surface area contributed by atoms with Crippen LogP contribution in [0, 0.1) is 5.41 Å². The number of halogens is 2. The summed E-state index contributed by atoms with van der Waals surface area (Å²) in [4.78, 5) is 0. The van der Waals surface area contributed by atoms with Gasteiger partial charge in [-0.1, -0.05) is 27.2 Å². The first-order chi connectivity index (χ1) is 7.47. The molecule has 2 nitrogen and oxygen atoms in total. The molecule has 0 saturated heterocycles. The van der Waals surface area contributed by atoms with Crippen molar-refractivity contribution in [3.63, 3.8) is 0 Å². The van der Waals surface area contributed by atoms with Crippen molar-refractivity contribution in [3.8, 4) is 0 Å². The maximum atomic E-state index is 12.1. The Morgan fingerprint density at radius 1 is 1.44 bits per heavy atom. The summed E-state index contributed by atoms with van der Waals surface area (Å²) in [5.74, 6) is 0. The van der Waals surface area contributed by atoms with Crippen LogP contribution in [-0.2, 0) is 4.74 Å². The standard InChI is InChI=1S/C12H23F2NO/c1-4-15-11-9(16-8-10(13)14)6-5-7-12(11,2)3/h9-11,15H,4-8H2,1-3H3. The Labute approximate surface area is 96.7 Å². The van der Waals surface area contributed by atoms with Gasteiger partial charge in [0.15, 0.2) is 0 Å². The molecular weight excluding hydrogens is 212 g/mol. The predicted octanol–water partition coefficient (Wildman–Crippen LogP) is 2.82. The van der Waals surface area contributed by atoms with Gasteiger partial charge >= 0.3 is 0 Å². The average molecular weight is 235 g/mol. The van der Waals surface area contributed by atoms with Crippen LogP contribution in [0.1, 0.15) is 40.0 Å². The summed E-state index contributed by atoms with van der Waals surface area (Å²) in [6.45, 7) is 6.80. The van der Waals surface area contributed by atoms with Crippen molar-refractivity contribution < 1.29 is 13.5 Å². The molecule has 2 atom stereocenters. The molecule has 0 bridgehead atoms. The highest BCUT2D eigenvalue weighted by molar-refractivity contribution is 4.94. The molecule has 0 aromatic heterocycles. The van der Waals surface area contributed by atoms with Crippen molar-refractivity contribution in [2.75, 3.05) is 13.2 Å². The molecule has 0 aromatic carbocycles. The van der Waals surface area contributed by atoms with E-state index in [9.17, 15) is 8.78 Å². The summed E-state index contributed by atoms with van der Waals surface area (Å²) in [6.07, 6.45) is 0.625. The van der Waals surface area contributed by atoms with Crippen molar-refractivity contribution in [2.45, 2.75) is 58.6 Å². The van der Waals surface area contributed by atoms with Gasteiger partial charge in [0.2, 0.25) is 0 Å². The van der Waals surface area contributed by atoms with Crippen molar-refractivity contribution in [3.05, 3.63) is 0 Å². The Hall–Kier alpha value is -0.220. The summed E-state index contributed by atoms with van der Waals surface area (Å²) >= 11 is 0. The number of nitrogens with one attached hydrogen (secondary N) is 1. The van der Waals surface area contributed by atoms with E-state index in [0.717, 1.165) is 25.8 Å². The van der Waals surface area contributed by atoms with Crippen LogP contribution in [-0.4, -0.2) is 31.7 Å². The lowest BCUT2D eigenvalue weighted by atomic mass is 9.71. The Balaban J connectivity index is 2.57. The lowest BCUT2D eigenvalue weighted by Gasteiger charge is -2.44. The molecule has 0 aliphatic heterocycles. The van der Waals surface area contributed by atoms with E-state index in [4.69, 9.17) is 4.74 Å². The minimum absolute atomic E-state index is 0.0716. The minimum Gasteiger partial charge on any atom is -0.371 e. The SMILES string of the molecule is CCNC1C(OCC(F)F)CCCC1(C)C. The molecule has 1 N–H and O–H groups in total. The van der Waals surface area contributed by atoms with Crippen LogP contribution in [0.25, 0.3) is 0 Å². The number of ether oxygens (including phenoxy) is 1. The fourth-order valence-electron chi connectivity index (χ4n) is 2.59. The summed E-state index contributed by atoms with van der Waals surface area (Å²) < 4.78 is 29.6. The first kappa shape index (κ1) is 13.8. The van der Waals surface area contributed by atoms with Gasteiger partial charge in [-0.2, -0.15) is 0 Å². The molecule has 0 radical (unpaired) electrons. The van der Waals surface area contributed by atoms with Crippen LogP contribution in [0.2, 0.25) is 0 Å². The van der Waals surface area contributed by atoms with E-state index < -0.39 is 13.0 Å². The number of hydrogen-bond donors (Lipinski definition) is 1. The van der Waals surface area contributed by atoms with Gasteiger partial charge in [0.1, 0.15) is 6.61 Å². The van der Waals surface area contributed by atoms with Crippen LogP contribution in [0.3, 0.4) is 0 Å². The second-order valence-electron chi connectivity index (χ2n) is 5.18. The molecule has 96 valence electrons. The molecule has 4 heteroatoms. The lowest BCUT2D eigenvalue weighted by molar-refractivity contribution is -0.0742. The average Bonchev–Trinajstić information content (AvgIpc) is 2.18. The van der Waals surface area contributed by atoms with Crippen molar-refractivity contribution in [1.82, 2.24) is 5.32 Å². The molecule has 0 amide bonds. The predicted molar refractivity (Wildman–Crippen MR) is 60.8 cm³/mol. The van der Waals surface area contributed by atoms with Crippen LogP contribution in [0.5, 0.6) is 0 Å². The number of alkyl halides is 2. The molecule has 1 fully saturated rings. The van der Waals surface area contributed by atoms with E-state index >= 15 is 0 Å². The normalized spacial score (nSPS) is 29.6. The minimum atomic E-state index is -2.37.